The van der Waals surface area contributed by atoms with Crippen LogP contribution >= 0.6 is 0 Å². The van der Waals surface area contributed by atoms with Crippen molar-refractivity contribution >= 4 is 17.5 Å². The first-order chi connectivity index (χ1) is 17.2. The first kappa shape index (κ1) is 24.5. The zero-order valence-corrected chi connectivity index (χ0v) is 19.7. The highest BCUT2D eigenvalue weighted by atomic mass is 19.4. The van der Waals surface area contributed by atoms with E-state index >= 15 is 0 Å². The number of nitrogens with one attached hydrogen (secondary N) is 3. The Morgan fingerprint density at radius 2 is 1.92 bits per heavy atom. The van der Waals surface area contributed by atoms with Gasteiger partial charge in [-0.15, -0.1) is 0 Å². The summed E-state index contributed by atoms with van der Waals surface area (Å²) in [5.74, 6) is -1.85. The van der Waals surface area contributed by atoms with Gasteiger partial charge in [0.2, 0.25) is 5.95 Å². The number of hydrogen-bond donors (Lipinski definition) is 3. The number of alkyl halides is 3. The van der Waals surface area contributed by atoms with Crippen molar-refractivity contribution in [3.63, 3.8) is 0 Å². The predicted molar refractivity (Wildman–Crippen MR) is 122 cm³/mol. The number of nitrogens with zero attached hydrogens (tertiary/aromatic N) is 4. The van der Waals surface area contributed by atoms with Gasteiger partial charge in [0, 0.05) is 57.1 Å². The largest absolute Gasteiger partial charge is 0.416 e. The van der Waals surface area contributed by atoms with Crippen LogP contribution in [0, 0.1) is 11.9 Å². The van der Waals surface area contributed by atoms with Crippen LogP contribution < -0.4 is 21.0 Å². The minimum absolute atomic E-state index is 0.00386. The predicted octanol–water partition coefficient (Wildman–Crippen LogP) is 1.48. The Bertz CT molecular complexity index is 1130. The standard InChI is InChI=1S/C23H27F4N7O2/c1-28-21(35)16-2-3-18(20(24)30-16)32-8-5-14(6-9-32)33-7-4-13(11-33)17-12-34-19(22(36)31-17)15(10-29-34)23(25,26)27/h2-3,12-14,29H,4-11H2,1H3,(H,28,35)(H,31,36). The Kier molecular flexibility index (Phi) is 6.37. The molecule has 0 aliphatic carbocycles. The minimum atomic E-state index is -4.57. The molecule has 0 aromatic carbocycles. The zero-order valence-electron chi connectivity index (χ0n) is 19.7. The summed E-state index contributed by atoms with van der Waals surface area (Å²) in [5, 5.41) is 6.29. The normalized spacial score (nSPS) is 23.6. The molecule has 4 aliphatic heterocycles. The van der Waals surface area contributed by atoms with Crippen LogP contribution in [0.3, 0.4) is 0 Å². The quantitative estimate of drug-likeness (QED) is 0.418. The lowest BCUT2D eigenvalue weighted by atomic mass is 10.0. The smallest absolute Gasteiger partial charge is 0.368 e. The third-order valence-electron chi connectivity index (χ3n) is 7.31. The van der Waals surface area contributed by atoms with E-state index in [1.54, 1.807) is 12.3 Å². The Hall–Kier alpha value is -3.19. The van der Waals surface area contributed by atoms with Gasteiger partial charge in [0.05, 0.1) is 11.3 Å². The number of hydrogen-bond acceptors (Lipinski definition) is 7. The average molecular weight is 510 g/mol. The Balaban J connectivity index is 1.19. The monoisotopic (exact) mass is 509 g/mol. The summed E-state index contributed by atoms with van der Waals surface area (Å²) in [5.41, 5.74) is 2.39. The summed E-state index contributed by atoms with van der Waals surface area (Å²) in [7, 11) is 1.46. The van der Waals surface area contributed by atoms with Gasteiger partial charge < -0.3 is 15.5 Å². The summed E-state index contributed by atoms with van der Waals surface area (Å²) < 4.78 is 54.2. The minimum Gasteiger partial charge on any atom is -0.368 e. The maximum absolute atomic E-state index is 14.5. The van der Waals surface area contributed by atoms with Crippen molar-refractivity contribution in [1.29, 1.82) is 0 Å². The van der Waals surface area contributed by atoms with E-state index in [2.05, 4.69) is 25.9 Å². The molecule has 5 rings (SSSR count). The van der Waals surface area contributed by atoms with Crippen molar-refractivity contribution in [2.45, 2.75) is 31.5 Å². The van der Waals surface area contributed by atoms with E-state index < -0.39 is 41.8 Å². The fourth-order valence-corrected chi connectivity index (χ4v) is 5.39. The van der Waals surface area contributed by atoms with Crippen LogP contribution in [0.25, 0.3) is 0 Å². The molecule has 5 heterocycles. The number of aromatic nitrogens is 1. The van der Waals surface area contributed by atoms with Crippen molar-refractivity contribution in [2.24, 2.45) is 5.92 Å². The molecule has 1 atom stereocenters. The van der Waals surface area contributed by atoms with E-state index in [0.717, 1.165) is 25.8 Å². The van der Waals surface area contributed by atoms with Gasteiger partial charge in [0.15, 0.2) is 0 Å². The van der Waals surface area contributed by atoms with E-state index in [1.807, 2.05) is 4.90 Å². The van der Waals surface area contributed by atoms with Crippen LogP contribution in [0.15, 0.2) is 35.3 Å². The summed E-state index contributed by atoms with van der Waals surface area (Å²) in [6.07, 6.45) is -0.603. The van der Waals surface area contributed by atoms with E-state index in [9.17, 15) is 27.2 Å². The molecule has 3 N–H and O–H groups in total. The number of piperidine rings is 1. The topological polar surface area (TPSA) is 92.8 Å². The Labute approximate surface area is 205 Å². The van der Waals surface area contributed by atoms with Gasteiger partial charge in [-0.25, -0.2) is 10.4 Å². The third kappa shape index (κ3) is 4.52. The highest BCUT2D eigenvalue weighted by Gasteiger charge is 2.45. The number of carbonyl (C=O) groups is 2. The van der Waals surface area contributed by atoms with Gasteiger partial charge in [0.1, 0.15) is 11.4 Å². The molecule has 2 amide bonds. The second kappa shape index (κ2) is 9.36. The van der Waals surface area contributed by atoms with Crippen molar-refractivity contribution in [2.75, 3.05) is 44.7 Å². The first-order valence-electron chi connectivity index (χ1n) is 11.9. The van der Waals surface area contributed by atoms with Crippen LogP contribution in [0.1, 0.15) is 29.8 Å². The molecule has 0 saturated carbocycles. The van der Waals surface area contributed by atoms with Gasteiger partial charge in [0.25, 0.3) is 11.8 Å². The number of amides is 2. The molecule has 2 fully saturated rings. The van der Waals surface area contributed by atoms with Crippen LogP contribution in [0.4, 0.5) is 23.2 Å². The second-order valence-corrected chi connectivity index (χ2v) is 9.35. The lowest BCUT2D eigenvalue weighted by Crippen LogP contribution is -2.45. The molecular formula is C23H27F4N7O2. The SMILES string of the molecule is CNC(=O)c1ccc(N2CCC(N3CCC(C4=CN5NCC(C(F)(F)F)=C5C(=O)N4)C3)CC2)c(F)n1. The molecule has 36 heavy (non-hydrogen) atoms. The van der Waals surface area contributed by atoms with Crippen LogP contribution in [-0.4, -0.2) is 78.7 Å². The molecular weight excluding hydrogens is 482 g/mol. The summed E-state index contributed by atoms with van der Waals surface area (Å²) in [4.78, 5) is 32.2. The van der Waals surface area contributed by atoms with Gasteiger partial charge in [-0.3, -0.25) is 19.5 Å². The van der Waals surface area contributed by atoms with Crippen LogP contribution in [-0.2, 0) is 4.79 Å². The van der Waals surface area contributed by atoms with Gasteiger partial charge in [-0.1, -0.05) is 0 Å². The number of pyridine rings is 1. The molecule has 1 aromatic rings. The summed E-state index contributed by atoms with van der Waals surface area (Å²) in [6, 6.07) is 3.37. The molecule has 9 nitrogen and oxygen atoms in total. The second-order valence-electron chi connectivity index (χ2n) is 9.35. The lowest BCUT2D eigenvalue weighted by molar-refractivity contribution is -0.120. The zero-order chi connectivity index (χ0) is 25.6. The average Bonchev–Trinajstić information content (AvgIpc) is 3.51. The van der Waals surface area contributed by atoms with Crippen molar-refractivity contribution in [3.8, 4) is 0 Å². The number of rotatable bonds is 4. The molecule has 194 valence electrons. The first-order valence-corrected chi connectivity index (χ1v) is 11.9. The fourth-order valence-electron chi connectivity index (χ4n) is 5.39. The van der Waals surface area contributed by atoms with Gasteiger partial charge in [-0.2, -0.15) is 17.6 Å². The maximum atomic E-state index is 14.5. The van der Waals surface area contributed by atoms with Crippen LogP contribution in [0.2, 0.25) is 0 Å². The molecule has 0 spiro atoms. The van der Waals surface area contributed by atoms with E-state index in [-0.39, 0.29) is 17.7 Å². The van der Waals surface area contributed by atoms with Crippen molar-refractivity contribution in [3.05, 3.63) is 46.9 Å². The lowest BCUT2D eigenvalue weighted by Gasteiger charge is -2.38. The molecule has 0 radical (unpaired) electrons. The highest BCUT2D eigenvalue weighted by Crippen LogP contribution is 2.36. The molecule has 0 bridgehead atoms. The third-order valence-corrected chi connectivity index (χ3v) is 7.31. The number of carbonyl (C=O) groups excluding carboxylic acids is 2. The molecule has 13 heteroatoms. The number of halogens is 4. The molecule has 2 saturated heterocycles. The Morgan fingerprint density at radius 3 is 2.58 bits per heavy atom. The highest BCUT2D eigenvalue weighted by molar-refractivity contribution is 5.96. The molecule has 1 unspecified atom stereocenters. The van der Waals surface area contributed by atoms with Crippen molar-refractivity contribution in [1.82, 2.24) is 31.0 Å². The summed E-state index contributed by atoms with van der Waals surface area (Å²) in [6.45, 7) is 2.33. The van der Waals surface area contributed by atoms with E-state index in [4.69, 9.17) is 0 Å². The maximum Gasteiger partial charge on any atom is 0.416 e. The fraction of sp³-hybridized carbons (Fsp3) is 0.522. The number of likely N-dealkylation sites (tertiary alicyclic amines) is 1. The van der Waals surface area contributed by atoms with E-state index in [0.29, 0.717) is 31.0 Å². The van der Waals surface area contributed by atoms with E-state index in [1.165, 1.54) is 18.1 Å². The number of anilines is 1. The molecule has 4 aliphatic rings. The van der Waals surface area contributed by atoms with Crippen LogP contribution in [0.5, 0.6) is 0 Å². The summed E-state index contributed by atoms with van der Waals surface area (Å²) >= 11 is 0. The Morgan fingerprint density at radius 1 is 1.17 bits per heavy atom. The molecule has 1 aromatic heterocycles. The van der Waals surface area contributed by atoms with Gasteiger partial charge >= 0.3 is 6.18 Å². The van der Waals surface area contributed by atoms with Gasteiger partial charge in [-0.05, 0) is 37.9 Å². The number of fused-ring (bicyclic) bond motifs is 1. The van der Waals surface area contributed by atoms with Crippen molar-refractivity contribution < 1.29 is 27.2 Å². The number of hydrazine groups is 1.